The lowest BCUT2D eigenvalue weighted by Crippen LogP contribution is -2.41. The van der Waals surface area contributed by atoms with E-state index >= 15 is 0 Å². The number of nitrogens with zero attached hydrogens (tertiary/aromatic N) is 6. The molecule has 2 amide bonds. The number of rotatable bonds is 22. The van der Waals surface area contributed by atoms with E-state index in [1.807, 2.05) is 176 Å². The molecule has 4 atom stereocenters. The monoisotopic (exact) mass is 1210 g/mol. The summed E-state index contributed by atoms with van der Waals surface area (Å²) in [7, 11) is 1.40. The zero-order valence-corrected chi connectivity index (χ0v) is 51.1. The molecular formula is C70H68N7O11P. The van der Waals surface area contributed by atoms with E-state index in [-0.39, 0.29) is 74.4 Å². The number of anilines is 1. The van der Waals surface area contributed by atoms with Gasteiger partial charge in [-0.2, -0.15) is 10.2 Å². The molecule has 19 heteroatoms. The number of carbonyl (C=O) groups is 2. The van der Waals surface area contributed by atoms with Gasteiger partial charge in [-0.15, -0.1) is 4.90 Å². The number of H-pyrrole nitrogens is 1. The molecule has 2 aliphatic carbocycles. The van der Waals surface area contributed by atoms with Crippen LogP contribution in [-0.4, -0.2) is 101 Å². The number of nitriles is 1. The number of ether oxygens (including phenoxy) is 6. The highest BCUT2D eigenvalue weighted by molar-refractivity contribution is 7.44. The van der Waals surface area contributed by atoms with Gasteiger partial charge in [0.05, 0.1) is 52.4 Å². The minimum atomic E-state index is -1.84. The van der Waals surface area contributed by atoms with Gasteiger partial charge < -0.3 is 37.5 Å². The third-order valence-corrected chi connectivity index (χ3v) is 18.8. The number of carbonyl (C=O) groups excluding carboxylic acids is 2. The molecule has 3 aliphatic rings. The molecule has 1 N–H and O–H groups in total. The highest BCUT2D eigenvalue weighted by Crippen LogP contribution is 2.52. The first-order valence-corrected chi connectivity index (χ1v) is 30.9. The molecule has 18 nitrogen and oxygen atoms in total. The molecule has 2 aromatic heterocycles. The summed E-state index contributed by atoms with van der Waals surface area (Å²) >= 11 is 0. The quantitative estimate of drug-likeness (QED) is 0.0381. The number of methoxy groups -OCH3 is 2. The molecule has 454 valence electrons. The average Bonchev–Trinajstić information content (AvgIpc) is 1.86. The summed E-state index contributed by atoms with van der Waals surface area (Å²) in [5, 5.41) is 9.66. The number of imide groups is 1. The van der Waals surface area contributed by atoms with Crippen molar-refractivity contribution < 1.29 is 47.1 Å². The number of fused-ring (bicyclic) bond motifs is 7. The molecule has 0 saturated carbocycles. The van der Waals surface area contributed by atoms with Gasteiger partial charge in [-0.3, -0.25) is 14.3 Å². The smallest absolute Gasteiger partial charge is 0.426 e. The van der Waals surface area contributed by atoms with Gasteiger partial charge in [-0.05, 0) is 113 Å². The second-order valence-corrected chi connectivity index (χ2v) is 23.9. The molecule has 12 rings (SSSR count). The van der Waals surface area contributed by atoms with Crippen LogP contribution in [0.25, 0.3) is 33.4 Å². The van der Waals surface area contributed by atoms with E-state index in [1.165, 1.54) is 6.33 Å². The van der Waals surface area contributed by atoms with Crippen LogP contribution < -0.4 is 19.9 Å². The summed E-state index contributed by atoms with van der Waals surface area (Å²) in [5.41, 5.74) is 8.22. The van der Waals surface area contributed by atoms with Crippen LogP contribution in [0.15, 0.2) is 187 Å². The fourth-order valence-electron chi connectivity index (χ4n) is 12.6. The summed E-state index contributed by atoms with van der Waals surface area (Å²) in [6.07, 6.45) is -3.06. The minimum absolute atomic E-state index is 0.00872. The van der Waals surface area contributed by atoms with Crippen molar-refractivity contribution in [2.45, 2.75) is 88.5 Å². The molecule has 3 heterocycles. The van der Waals surface area contributed by atoms with Crippen LogP contribution in [0.5, 0.6) is 11.5 Å². The van der Waals surface area contributed by atoms with Crippen LogP contribution in [0.2, 0.25) is 0 Å². The second kappa shape index (κ2) is 26.3. The highest BCUT2D eigenvalue weighted by Gasteiger charge is 2.46. The Hall–Kier alpha value is -9.05. The van der Waals surface area contributed by atoms with E-state index in [0.29, 0.717) is 16.4 Å². The summed E-state index contributed by atoms with van der Waals surface area (Å²) in [6.45, 7) is 7.99. The lowest BCUT2D eigenvalue weighted by molar-refractivity contribution is -0.0912. The zero-order valence-electron chi connectivity index (χ0n) is 50.2. The molecule has 1 unspecified atom stereocenters. The Balaban J connectivity index is 0.920. The molecular weight excluding hydrogens is 1150 g/mol. The Labute approximate surface area is 517 Å². The number of aromatic nitrogens is 4. The van der Waals surface area contributed by atoms with Crippen molar-refractivity contribution >= 4 is 37.8 Å². The Morgan fingerprint density at radius 3 is 1.62 bits per heavy atom. The van der Waals surface area contributed by atoms with Crippen LogP contribution >= 0.6 is 8.53 Å². The van der Waals surface area contributed by atoms with Gasteiger partial charge in [0.2, 0.25) is 5.95 Å². The summed E-state index contributed by atoms with van der Waals surface area (Å²) < 4.78 is 55.6. The van der Waals surface area contributed by atoms with Crippen LogP contribution in [0.1, 0.15) is 97.5 Å². The van der Waals surface area contributed by atoms with Gasteiger partial charge >= 0.3 is 12.2 Å². The normalized spacial score (nSPS) is 16.4. The van der Waals surface area contributed by atoms with Gasteiger partial charge in [-0.25, -0.2) is 19.2 Å². The third-order valence-electron chi connectivity index (χ3n) is 16.7. The van der Waals surface area contributed by atoms with Gasteiger partial charge in [0.1, 0.15) is 42.6 Å². The molecule has 7 aromatic carbocycles. The maximum Gasteiger partial charge on any atom is 0.426 e. The highest BCUT2D eigenvalue weighted by atomic mass is 31.2. The van der Waals surface area contributed by atoms with Crippen LogP contribution in [0.4, 0.5) is 15.5 Å². The first kappa shape index (κ1) is 60.2. The lowest BCUT2D eigenvalue weighted by Gasteiger charge is -2.39. The van der Waals surface area contributed by atoms with Crippen molar-refractivity contribution in [1.82, 2.24) is 24.2 Å². The van der Waals surface area contributed by atoms with E-state index in [4.69, 9.17) is 42.5 Å². The molecule has 89 heavy (non-hydrogen) atoms. The second-order valence-electron chi connectivity index (χ2n) is 22.5. The molecule has 1 aliphatic heterocycles. The largest absolute Gasteiger partial charge is 0.497 e. The number of aromatic amines is 1. The number of hydrogen-bond donors (Lipinski definition) is 1. The lowest BCUT2D eigenvalue weighted by atomic mass is 9.80. The summed E-state index contributed by atoms with van der Waals surface area (Å²) in [5.74, 6) is 0.125. The number of amides is 2. The Morgan fingerprint density at radius 2 is 1.15 bits per heavy atom. The van der Waals surface area contributed by atoms with Gasteiger partial charge in [-0.1, -0.05) is 152 Å². The van der Waals surface area contributed by atoms with E-state index in [2.05, 4.69) is 48.4 Å². The van der Waals surface area contributed by atoms with Crippen LogP contribution in [-0.2, 0) is 33.6 Å². The molecule has 9 aromatic rings. The van der Waals surface area contributed by atoms with Crippen molar-refractivity contribution in [3.05, 3.63) is 232 Å². The van der Waals surface area contributed by atoms with E-state index in [9.17, 15) is 19.6 Å². The van der Waals surface area contributed by atoms with E-state index < -0.39 is 56.3 Å². The van der Waals surface area contributed by atoms with Crippen molar-refractivity contribution in [2.24, 2.45) is 0 Å². The zero-order chi connectivity index (χ0) is 61.8. The summed E-state index contributed by atoms with van der Waals surface area (Å²) in [6, 6.07) is 59.2. The maximum absolute atomic E-state index is 15.0. The van der Waals surface area contributed by atoms with E-state index in [1.54, 1.807) is 18.8 Å². The Morgan fingerprint density at radius 1 is 0.674 bits per heavy atom. The van der Waals surface area contributed by atoms with E-state index in [0.717, 1.165) is 61.2 Å². The Bertz CT molecular complexity index is 3840. The Kier molecular flexibility index (Phi) is 17.8. The SMILES string of the molecule is COc1ccc(C(OC[C@H]2O[C@@H](n3cnc4c(=O)[nH]c(N(C(=O)OCC5c6ccccc6-c6ccccc65)C(=O)OCC5c6ccccc6-c6ccccc65)nc43)C[C@@H]2OP(OCCC#N)N(C(C)C)C(C)C)(c2ccccc2)c2ccc(OC)cc2)cc1. The maximum atomic E-state index is 15.0. The van der Waals surface area contributed by atoms with Gasteiger partial charge in [0, 0.05) is 30.3 Å². The predicted molar refractivity (Wildman–Crippen MR) is 338 cm³/mol. The molecule has 1 saturated heterocycles. The van der Waals surface area contributed by atoms with Crippen LogP contribution in [0.3, 0.4) is 0 Å². The first-order chi connectivity index (χ1) is 43.4. The van der Waals surface area contributed by atoms with Gasteiger partial charge in [0.15, 0.2) is 11.2 Å². The van der Waals surface area contributed by atoms with Crippen molar-refractivity contribution in [3.63, 3.8) is 0 Å². The minimum Gasteiger partial charge on any atom is -0.497 e. The van der Waals surface area contributed by atoms with Gasteiger partial charge in [0.25, 0.3) is 14.1 Å². The number of nitrogens with one attached hydrogen (secondary N) is 1. The topological polar surface area (TPSA) is 202 Å². The third kappa shape index (κ3) is 11.8. The first-order valence-electron chi connectivity index (χ1n) is 29.8. The average molecular weight is 1210 g/mol. The van der Waals surface area contributed by atoms with Crippen molar-refractivity contribution in [2.75, 3.05) is 45.5 Å². The summed E-state index contributed by atoms with van der Waals surface area (Å²) in [4.78, 5) is 57.2. The predicted octanol–water partition coefficient (Wildman–Crippen LogP) is 13.8. The number of imidazole rings is 1. The molecule has 1 fully saturated rings. The molecule has 0 radical (unpaired) electrons. The number of hydrogen-bond acceptors (Lipinski definition) is 15. The fraction of sp³-hybridized carbons (Fsp3) is 0.286. The van der Waals surface area contributed by atoms with Crippen molar-refractivity contribution in [3.8, 4) is 39.8 Å². The molecule has 0 spiro atoms. The standard InChI is InChI=1S/C70H68N7O11P/c1-44(2)77(45(3)4)89(86-38-18-37-71)88-61-39-63(87-62(61)42-85-70(46-19-8-7-9-20-46,47-29-33-49(81-5)34-30-47)48-31-35-50(82-6)36-32-48)75-43-72-64-65(75)73-67(74-66(64)78)76(68(79)83-40-59-55-25-14-10-21-51(55)52-22-11-15-26-56(52)59)69(80)84-41-60-57-27-16-12-23-53(57)54-24-13-17-28-58(54)60/h7-17,19-36,43-45,59-63H,18,38-42H2,1-6H3,(H,73,74,78)/t61-,62+,63+,89?/m0/s1. The van der Waals surface area contributed by atoms with Crippen LogP contribution in [0, 0.1) is 11.3 Å². The molecule has 0 bridgehead atoms. The fourth-order valence-corrected chi connectivity index (χ4v) is 14.4. The number of benzene rings is 7. The van der Waals surface area contributed by atoms with Crippen molar-refractivity contribution in [1.29, 1.82) is 5.26 Å².